The predicted molar refractivity (Wildman–Crippen MR) is 107 cm³/mol. The van der Waals surface area contributed by atoms with E-state index in [2.05, 4.69) is 11.4 Å². The van der Waals surface area contributed by atoms with Crippen LogP contribution in [-0.4, -0.2) is 19.1 Å². The number of ether oxygens (including phenoxy) is 1. The van der Waals surface area contributed by atoms with Crippen molar-refractivity contribution >= 4 is 17.6 Å². The van der Waals surface area contributed by atoms with Gasteiger partial charge in [0.25, 0.3) is 5.91 Å². The van der Waals surface area contributed by atoms with Crippen molar-refractivity contribution < 1.29 is 13.9 Å². The molecule has 27 heavy (non-hydrogen) atoms. The number of carbonyl (C=O) groups is 1. The number of aryl methyl sites for hydroxylation is 2. The van der Waals surface area contributed by atoms with Crippen molar-refractivity contribution in [2.24, 2.45) is 0 Å². The summed E-state index contributed by atoms with van der Waals surface area (Å²) in [6, 6.07) is 19.2. The van der Waals surface area contributed by atoms with Crippen molar-refractivity contribution in [3.63, 3.8) is 0 Å². The average Bonchev–Trinajstić information content (AvgIpc) is 3.19. The molecule has 1 N–H and O–H groups in total. The maximum absolute atomic E-state index is 12.7. The van der Waals surface area contributed by atoms with E-state index >= 15 is 0 Å². The molecular formula is C23H23NO3. The van der Waals surface area contributed by atoms with E-state index in [9.17, 15) is 4.79 Å². The number of benzene rings is 2. The van der Waals surface area contributed by atoms with Gasteiger partial charge in [-0.15, -0.1) is 0 Å². The summed E-state index contributed by atoms with van der Waals surface area (Å²) in [5.74, 6) is 1.32. The van der Waals surface area contributed by atoms with Crippen LogP contribution in [0.3, 0.4) is 0 Å². The molecule has 0 aliphatic carbocycles. The van der Waals surface area contributed by atoms with Gasteiger partial charge in [0, 0.05) is 0 Å². The van der Waals surface area contributed by atoms with Crippen molar-refractivity contribution in [3.05, 3.63) is 89.4 Å². The van der Waals surface area contributed by atoms with Gasteiger partial charge in [0.05, 0.1) is 18.4 Å². The molecule has 0 spiro atoms. The second-order valence-electron chi connectivity index (χ2n) is 6.31. The monoisotopic (exact) mass is 361 g/mol. The van der Waals surface area contributed by atoms with Crippen LogP contribution in [0.2, 0.25) is 0 Å². The first-order chi connectivity index (χ1) is 13.1. The first-order valence-corrected chi connectivity index (χ1v) is 8.92. The number of hydrogen-bond donors (Lipinski definition) is 1. The third kappa shape index (κ3) is 5.11. The van der Waals surface area contributed by atoms with Crippen LogP contribution in [0.25, 0.3) is 11.6 Å². The van der Waals surface area contributed by atoms with Crippen LogP contribution in [0.15, 0.2) is 71.3 Å². The molecule has 0 aliphatic heterocycles. The summed E-state index contributed by atoms with van der Waals surface area (Å²) in [4.78, 5) is 12.7. The molecule has 0 fully saturated rings. The van der Waals surface area contributed by atoms with E-state index in [4.69, 9.17) is 9.15 Å². The molecule has 138 valence electrons. The average molecular weight is 361 g/mol. The van der Waals surface area contributed by atoms with Gasteiger partial charge in [0.2, 0.25) is 0 Å². The van der Waals surface area contributed by atoms with Crippen molar-refractivity contribution in [2.75, 3.05) is 13.2 Å². The summed E-state index contributed by atoms with van der Waals surface area (Å²) >= 11 is 0. The molecule has 1 amide bonds. The largest absolute Gasteiger partial charge is 0.491 e. The Labute approximate surface area is 159 Å². The lowest BCUT2D eigenvalue weighted by Crippen LogP contribution is -2.28. The zero-order valence-electron chi connectivity index (χ0n) is 15.6. The highest BCUT2D eigenvalue weighted by Crippen LogP contribution is 2.20. The van der Waals surface area contributed by atoms with Gasteiger partial charge in [-0.1, -0.05) is 42.5 Å². The molecule has 0 radical (unpaired) electrons. The Morgan fingerprint density at radius 1 is 1.07 bits per heavy atom. The molecule has 0 bridgehead atoms. The van der Waals surface area contributed by atoms with Crippen LogP contribution in [0.5, 0.6) is 5.75 Å². The molecule has 0 saturated carbocycles. The Morgan fingerprint density at radius 2 is 1.89 bits per heavy atom. The van der Waals surface area contributed by atoms with E-state index in [0.717, 1.165) is 22.4 Å². The van der Waals surface area contributed by atoms with Crippen LogP contribution >= 0.6 is 0 Å². The molecule has 0 unspecified atom stereocenters. The van der Waals surface area contributed by atoms with E-state index in [-0.39, 0.29) is 5.91 Å². The first kappa shape index (κ1) is 18.5. The third-order valence-corrected chi connectivity index (χ3v) is 4.15. The highest BCUT2D eigenvalue weighted by Gasteiger charge is 2.12. The molecule has 1 heterocycles. The van der Waals surface area contributed by atoms with Crippen LogP contribution < -0.4 is 10.1 Å². The quantitative estimate of drug-likeness (QED) is 0.493. The minimum atomic E-state index is -0.165. The van der Waals surface area contributed by atoms with Crippen LogP contribution in [0.1, 0.15) is 22.5 Å². The molecule has 1 aromatic heterocycles. The van der Waals surface area contributed by atoms with E-state index < -0.39 is 0 Å². The maximum atomic E-state index is 12.7. The normalized spacial score (nSPS) is 11.3. The second kappa shape index (κ2) is 8.90. The molecule has 4 heteroatoms. The standard InChI is InChI=1S/C23H23NO3/c1-17-10-11-18(2)22(15-17)27-14-12-24-23(25)21(16-20-9-6-13-26-20)19-7-4-3-5-8-19/h3-11,13,15-16H,12,14H2,1-2H3,(H,24,25)/b21-16+. The Hall–Kier alpha value is -3.27. The Morgan fingerprint density at radius 3 is 2.63 bits per heavy atom. The summed E-state index contributed by atoms with van der Waals surface area (Å²) in [5.41, 5.74) is 3.61. The van der Waals surface area contributed by atoms with Gasteiger partial charge in [-0.3, -0.25) is 4.79 Å². The number of rotatable bonds is 7. The fraction of sp³-hybridized carbons (Fsp3) is 0.174. The van der Waals surface area contributed by atoms with Crippen molar-refractivity contribution in [1.29, 1.82) is 0 Å². The number of hydrogen-bond acceptors (Lipinski definition) is 3. The lowest BCUT2D eigenvalue weighted by molar-refractivity contribution is -0.115. The van der Waals surface area contributed by atoms with Crippen LogP contribution in [0, 0.1) is 13.8 Å². The van der Waals surface area contributed by atoms with Crippen molar-refractivity contribution in [1.82, 2.24) is 5.32 Å². The molecule has 4 nitrogen and oxygen atoms in total. The Kier molecular flexibility index (Phi) is 6.10. The van der Waals surface area contributed by atoms with Crippen LogP contribution in [-0.2, 0) is 4.79 Å². The highest BCUT2D eigenvalue weighted by molar-refractivity contribution is 6.24. The van der Waals surface area contributed by atoms with Gasteiger partial charge in [-0.2, -0.15) is 0 Å². The number of amides is 1. The predicted octanol–water partition coefficient (Wildman–Crippen LogP) is 4.63. The molecule has 0 aliphatic rings. The van der Waals surface area contributed by atoms with Gasteiger partial charge in [-0.05, 0) is 54.8 Å². The summed E-state index contributed by atoms with van der Waals surface area (Å²) < 4.78 is 11.2. The second-order valence-corrected chi connectivity index (χ2v) is 6.31. The van der Waals surface area contributed by atoms with E-state index in [0.29, 0.717) is 24.5 Å². The van der Waals surface area contributed by atoms with Crippen molar-refractivity contribution in [2.45, 2.75) is 13.8 Å². The first-order valence-electron chi connectivity index (χ1n) is 8.92. The summed E-state index contributed by atoms with van der Waals surface area (Å²) in [7, 11) is 0. The number of carbonyl (C=O) groups excluding carboxylic acids is 1. The van der Waals surface area contributed by atoms with E-state index in [1.165, 1.54) is 0 Å². The highest BCUT2D eigenvalue weighted by atomic mass is 16.5. The smallest absolute Gasteiger partial charge is 0.252 e. The number of nitrogens with one attached hydrogen (secondary N) is 1. The third-order valence-electron chi connectivity index (χ3n) is 4.15. The lowest BCUT2D eigenvalue weighted by Gasteiger charge is -2.12. The summed E-state index contributed by atoms with van der Waals surface area (Å²) in [6.45, 7) is 4.85. The minimum Gasteiger partial charge on any atom is -0.491 e. The molecule has 0 atom stereocenters. The summed E-state index contributed by atoms with van der Waals surface area (Å²) in [6.07, 6.45) is 3.33. The van der Waals surface area contributed by atoms with Gasteiger partial charge in [-0.25, -0.2) is 0 Å². The van der Waals surface area contributed by atoms with Gasteiger partial charge < -0.3 is 14.5 Å². The zero-order chi connectivity index (χ0) is 19.1. The van der Waals surface area contributed by atoms with Crippen LogP contribution in [0.4, 0.5) is 0 Å². The Balaban J connectivity index is 1.64. The molecular weight excluding hydrogens is 338 g/mol. The molecule has 0 saturated heterocycles. The maximum Gasteiger partial charge on any atom is 0.252 e. The number of furan rings is 1. The van der Waals surface area contributed by atoms with Crippen molar-refractivity contribution in [3.8, 4) is 5.75 Å². The fourth-order valence-corrected chi connectivity index (χ4v) is 2.70. The minimum absolute atomic E-state index is 0.165. The zero-order valence-corrected chi connectivity index (χ0v) is 15.6. The fourth-order valence-electron chi connectivity index (χ4n) is 2.70. The molecule has 3 aromatic rings. The molecule has 3 rings (SSSR count). The summed E-state index contributed by atoms with van der Waals surface area (Å²) in [5, 5.41) is 2.92. The van der Waals surface area contributed by atoms with E-state index in [1.807, 2.05) is 62.4 Å². The lowest BCUT2D eigenvalue weighted by atomic mass is 10.0. The van der Waals surface area contributed by atoms with Gasteiger partial charge >= 0.3 is 0 Å². The topological polar surface area (TPSA) is 51.5 Å². The SMILES string of the molecule is Cc1ccc(C)c(OCCNC(=O)/C(=C/c2ccco2)c2ccccc2)c1. The van der Waals surface area contributed by atoms with Gasteiger partial charge in [0.15, 0.2) is 0 Å². The Bertz CT molecular complexity index is 912. The van der Waals surface area contributed by atoms with E-state index in [1.54, 1.807) is 18.4 Å². The molecule has 2 aromatic carbocycles. The van der Waals surface area contributed by atoms with Gasteiger partial charge in [0.1, 0.15) is 18.1 Å².